The summed E-state index contributed by atoms with van der Waals surface area (Å²) in [5.74, 6) is 3.51. The van der Waals surface area contributed by atoms with Crippen LogP contribution < -0.4 is 35.1 Å². The predicted molar refractivity (Wildman–Crippen MR) is 149 cm³/mol. The third-order valence-electron chi connectivity index (χ3n) is 5.51. The molecule has 1 aromatic heterocycles. The van der Waals surface area contributed by atoms with Crippen LogP contribution in [0.5, 0.6) is 23.0 Å². The van der Waals surface area contributed by atoms with E-state index >= 15 is 0 Å². The smallest absolute Gasteiger partial charge is 0.231 e. The van der Waals surface area contributed by atoms with E-state index in [1.54, 1.807) is 42.8 Å². The Kier molecular flexibility index (Phi) is 6.89. The van der Waals surface area contributed by atoms with Crippen LogP contribution in [0.1, 0.15) is 11.1 Å². The lowest BCUT2D eigenvalue weighted by atomic mass is 10.2. The van der Waals surface area contributed by atoms with Crippen LogP contribution in [0, 0.1) is 0 Å². The highest BCUT2D eigenvalue weighted by Crippen LogP contribution is 2.37. The Morgan fingerprint density at radius 3 is 1.67 bits per heavy atom. The zero-order valence-electron chi connectivity index (χ0n) is 20.0. The fraction of sp³-hybridized carbons (Fsp3) is 0.0769. The Morgan fingerprint density at radius 1 is 0.667 bits per heavy atom. The molecular weight excluding hydrogens is 545 g/mol. The van der Waals surface area contributed by atoms with Gasteiger partial charge in [-0.05, 0) is 24.3 Å². The molecule has 13 heteroatoms. The van der Waals surface area contributed by atoms with Gasteiger partial charge in [0.15, 0.2) is 34.6 Å². The number of hydrazone groups is 2. The highest BCUT2D eigenvalue weighted by atomic mass is 35.5. The zero-order chi connectivity index (χ0) is 26.6. The summed E-state index contributed by atoms with van der Waals surface area (Å²) in [7, 11) is 0. The van der Waals surface area contributed by atoms with E-state index in [9.17, 15) is 0 Å². The minimum atomic E-state index is 0.155. The van der Waals surface area contributed by atoms with Crippen molar-refractivity contribution >= 4 is 58.9 Å². The highest BCUT2D eigenvalue weighted by molar-refractivity contribution is 6.33. The van der Waals surface area contributed by atoms with E-state index in [4.69, 9.17) is 42.1 Å². The van der Waals surface area contributed by atoms with Crippen LogP contribution in [-0.2, 0) is 0 Å². The molecule has 39 heavy (non-hydrogen) atoms. The maximum absolute atomic E-state index is 6.34. The number of hydrogen-bond acceptors (Lipinski definition) is 11. The average Bonchev–Trinajstić information content (AvgIpc) is 3.58. The monoisotopic (exact) mass is 563 g/mol. The second-order valence-corrected chi connectivity index (χ2v) is 8.96. The molecule has 0 amide bonds. The standard InChI is InChI=1S/C26H19Cl2N7O4/c27-18-8-22-20(36-13-38-22)6-15(18)11-29-34-24-10-25(33-26(32-24)31-17-4-2-1-3-5-17)35-30-12-16-7-21-23(9-19(16)28)39-14-37-21/h1-12H,13-14H2,(H3,31,32,33,34,35). The summed E-state index contributed by atoms with van der Waals surface area (Å²) in [4.78, 5) is 8.98. The lowest BCUT2D eigenvalue weighted by Crippen LogP contribution is -2.04. The first kappa shape index (κ1) is 24.6. The van der Waals surface area contributed by atoms with Crippen molar-refractivity contribution in [1.82, 2.24) is 9.97 Å². The van der Waals surface area contributed by atoms with E-state index in [0.717, 1.165) is 5.69 Å². The maximum Gasteiger partial charge on any atom is 0.231 e. The molecule has 0 saturated carbocycles. The molecule has 2 aliphatic rings. The number of para-hydroxylation sites is 1. The maximum atomic E-state index is 6.34. The Hall–Kier alpha value is -4.74. The van der Waals surface area contributed by atoms with Crippen molar-refractivity contribution < 1.29 is 18.9 Å². The van der Waals surface area contributed by atoms with Gasteiger partial charge in [-0.2, -0.15) is 20.2 Å². The van der Waals surface area contributed by atoms with E-state index in [2.05, 4.69) is 36.3 Å². The van der Waals surface area contributed by atoms with E-state index in [1.165, 1.54) is 0 Å². The van der Waals surface area contributed by atoms with Gasteiger partial charge in [-0.1, -0.05) is 41.4 Å². The third-order valence-corrected chi connectivity index (χ3v) is 6.16. The molecule has 0 aliphatic carbocycles. The molecule has 0 spiro atoms. The molecule has 3 heterocycles. The van der Waals surface area contributed by atoms with Gasteiger partial charge in [0.1, 0.15) is 0 Å². The quantitative estimate of drug-likeness (QED) is 0.178. The fourth-order valence-corrected chi connectivity index (χ4v) is 4.07. The summed E-state index contributed by atoms with van der Waals surface area (Å²) >= 11 is 12.7. The van der Waals surface area contributed by atoms with Crippen LogP contribution in [0.15, 0.2) is 70.9 Å². The SMILES string of the molecule is Clc1cc2c(cc1C=NNc1cc(NN=Cc3cc4c(cc3Cl)OCO4)nc(Nc3ccccc3)n1)OCO2. The number of fused-ring (bicyclic) bond motifs is 2. The number of halogens is 2. The first-order valence-corrected chi connectivity index (χ1v) is 12.3. The van der Waals surface area contributed by atoms with Crippen molar-refractivity contribution in [2.24, 2.45) is 10.2 Å². The molecule has 4 aromatic rings. The van der Waals surface area contributed by atoms with Gasteiger partial charge in [0.2, 0.25) is 19.5 Å². The molecule has 3 aromatic carbocycles. The van der Waals surface area contributed by atoms with Crippen molar-refractivity contribution in [3.8, 4) is 23.0 Å². The Bertz CT molecular complexity index is 1490. The lowest BCUT2D eigenvalue weighted by Gasteiger charge is -2.09. The number of aromatic nitrogens is 2. The first-order chi connectivity index (χ1) is 19.1. The number of rotatable bonds is 8. The van der Waals surface area contributed by atoms with Crippen LogP contribution in [-0.4, -0.2) is 36.0 Å². The topological polar surface area (TPSA) is 124 Å². The van der Waals surface area contributed by atoms with Gasteiger partial charge >= 0.3 is 0 Å². The number of ether oxygens (including phenoxy) is 4. The van der Waals surface area contributed by atoms with Gasteiger partial charge in [-0.3, -0.25) is 10.9 Å². The molecular formula is C26H19Cl2N7O4. The average molecular weight is 564 g/mol. The molecule has 6 rings (SSSR count). The zero-order valence-corrected chi connectivity index (χ0v) is 21.5. The molecule has 11 nitrogen and oxygen atoms in total. The van der Waals surface area contributed by atoms with Gasteiger partial charge < -0.3 is 24.3 Å². The summed E-state index contributed by atoms with van der Waals surface area (Å²) in [6.07, 6.45) is 3.12. The predicted octanol–water partition coefficient (Wildman–Crippen LogP) is 5.88. The number of nitrogens with zero attached hydrogens (tertiary/aromatic N) is 4. The summed E-state index contributed by atoms with van der Waals surface area (Å²) < 4.78 is 21.5. The molecule has 0 atom stereocenters. The van der Waals surface area contributed by atoms with E-state index in [1.807, 2.05) is 30.3 Å². The van der Waals surface area contributed by atoms with Crippen molar-refractivity contribution in [2.45, 2.75) is 0 Å². The van der Waals surface area contributed by atoms with Gasteiger partial charge in [0.25, 0.3) is 0 Å². The minimum Gasteiger partial charge on any atom is -0.454 e. The van der Waals surface area contributed by atoms with E-state index in [-0.39, 0.29) is 13.6 Å². The molecule has 0 unspecified atom stereocenters. The number of hydrogen-bond donors (Lipinski definition) is 3. The molecule has 2 aliphatic heterocycles. The van der Waals surface area contributed by atoms with Gasteiger partial charge in [0, 0.05) is 35.0 Å². The van der Waals surface area contributed by atoms with Crippen LogP contribution in [0.2, 0.25) is 10.0 Å². The number of benzene rings is 3. The lowest BCUT2D eigenvalue weighted by molar-refractivity contribution is 0.173. The molecule has 0 bridgehead atoms. The number of nitrogens with one attached hydrogen (secondary N) is 3. The minimum absolute atomic E-state index is 0.155. The Labute approximate surface area is 232 Å². The van der Waals surface area contributed by atoms with E-state index < -0.39 is 0 Å². The number of anilines is 4. The summed E-state index contributed by atoms with van der Waals surface area (Å²) in [6, 6.07) is 18.0. The van der Waals surface area contributed by atoms with Crippen LogP contribution in [0.25, 0.3) is 0 Å². The molecule has 3 N–H and O–H groups in total. The molecule has 0 fully saturated rings. The summed E-state index contributed by atoms with van der Waals surface area (Å²) in [5.41, 5.74) is 7.91. The Morgan fingerprint density at radius 2 is 1.15 bits per heavy atom. The second-order valence-electron chi connectivity index (χ2n) is 8.15. The van der Waals surface area contributed by atoms with Gasteiger partial charge in [0.05, 0.1) is 22.5 Å². The Balaban J connectivity index is 1.22. The van der Waals surface area contributed by atoms with E-state index in [0.29, 0.717) is 61.8 Å². The first-order valence-electron chi connectivity index (χ1n) is 11.6. The third kappa shape index (κ3) is 5.74. The van der Waals surface area contributed by atoms with Crippen LogP contribution in [0.3, 0.4) is 0 Å². The summed E-state index contributed by atoms with van der Waals surface area (Å²) in [6.45, 7) is 0.309. The largest absolute Gasteiger partial charge is 0.454 e. The van der Waals surface area contributed by atoms with Crippen molar-refractivity contribution in [1.29, 1.82) is 0 Å². The van der Waals surface area contributed by atoms with Crippen molar-refractivity contribution in [2.75, 3.05) is 29.8 Å². The van der Waals surface area contributed by atoms with Crippen LogP contribution >= 0.6 is 23.2 Å². The van der Waals surface area contributed by atoms with Crippen molar-refractivity contribution in [3.05, 3.63) is 81.8 Å². The van der Waals surface area contributed by atoms with Gasteiger partial charge in [-0.15, -0.1) is 0 Å². The fourth-order valence-electron chi connectivity index (χ4n) is 3.67. The normalized spacial score (nSPS) is 13.3. The van der Waals surface area contributed by atoms with Gasteiger partial charge in [-0.25, -0.2) is 0 Å². The second kappa shape index (κ2) is 10.9. The molecule has 196 valence electrons. The summed E-state index contributed by atoms with van der Waals surface area (Å²) in [5, 5.41) is 12.7. The highest BCUT2D eigenvalue weighted by Gasteiger charge is 2.17. The van der Waals surface area contributed by atoms with Crippen molar-refractivity contribution in [3.63, 3.8) is 0 Å². The van der Waals surface area contributed by atoms with Crippen LogP contribution in [0.4, 0.5) is 23.3 Å². The molecule has 0 saturated heterocycles. The molecule has 0 radical (unpaired) electrons.